The third kappa shape index (κ3) is 3.07. The van der Waals surface area contributed by atoms with Crippen LogP contribution in [0.25, 0.3) is 0 Å². The van der Waals surface area contributed by atoms with Gasteiger partial charge in [0.1, 0.15) is 5.82 Å². The lowest BCUT2D eigenvalue weighted by atomic mass is 9.75. The number of rotatable bonds is 3. The number of pyridine rings is 1. The molecule has 1 aromatic heterocycles. The minimum atomic E-state index is 0.755. The van der Waals surface area contributed by atoms with E-state index in [1.165, 1.54) is 45.2 Å². The van der Waals surface area contributed by atoms with Gasteiger partial charge in [0.2, 0.25) is 0 Å². The number of piperidine rings is 1. The third-order valence-corrected chi connectivity index (χ3v) is 4.72. The number of hydrogen-bond donors (Lipinski definition) is 2. The first-order chi connectivity index (χ1) is 9.35. The van der Waals surface area contributed by atoms with Gasteiger partial charge in [-0.05, 0) is 43.4 Å². The molecule has 2 unspecified atom stereocenters. The van der Waals surface area contributed by atoms with Crippen LogP contribution in [0, 0.1) is 11.8 Å². The first-order valence-electron chi connectivity index (χ1n) is 7.50. The van der Waals surface area contributed by atoms with Crippen LogP contribution in [-0.2, 0) is 6.54 Å². The average Bonchev–Trinajstić information content (AvgIpc) is 2.47. The van der Waals surface area contributed by atoms with E-state index in [1.54, 1.807) is 0 Å². The van der Waals surface area contributed by atoms with Crippen molar-refractivity contribution in [1.82, 2.24) is 9.88 Å². The van der Waals surface area contributed by atoms with E-state index in [4.69, 9.17) is 5.84 Å². The van der Waals surface area contributed by atoms with Crippen molar-refractivity contribution in [2.45, 2.75) is 38.6 Å². The molecule has 2 heterocycles. The smallest absolute Gasteiger partial charge is 0.140 e. The molecule has 3 N–H and O–H groups in total. The van der Waals surface area contributed by atoms with Crippen LogP contribution < -0.4 is 11.3 Å². The van der Waals surface area contributed by atoms with Crippen LogP contribution in [0.3, 0.4) is 0 Å². The maximum absolute atomic E-state index is 5.41. The highest BCUT2D eigenvalue weighted by atomic mass is 15.3. The standard InChI is InChI=1S/C15H24N4/c16-18-15-7-3-6-14(17-15)11-19-9-8-12-4-1-2-5-13(12)10-19/h3,6-7,12-13H,1-2,4-5,8-11,16H2,(H,17,18). The Kier molecular flexibility index (Phi) is 3.99. The molecule has 2 aliphatic rings. The van der Waals surface area contributed by atoms with Crippen molar-refractivity contribution < 1.29 is 0 Å². The molecule has 19 heavy (non-hydrogen) atoms. The summed E-state index contributed by atoms with van der Waals surface area (Å²) in [5.41, 5.74) is 3.74. The number of anilines is 1. The van der Waals surface area contributed by atoms with E-state index in [0.717, 1.165) is 29.9 Å². The van der Waals surface area contributed by atoms with Crippen LogP contribution in [0.2, 0.25) is 0 Å². The first-order valence-corrected chi connectivity index (χ1v) is 7.50. The van der Waals surface area contributed by atoms with Crippen LogP contribution in [0.5, 0.6) is 0 Å². The summed E-state index contributed by atoms with van der Waals surface area (Å²) in [5.74, 6) is 8.09. The van der Waals surface area contributed by atoms with Gasteiger partial charge in [0.15, 0.2) is 0 Å². The van der Waals surface area contributed by atoms with Crippen molar-refractivity contribution in [1.29, 1.82) is 0 Å². The number of nitrogens with two attached hydrogens (primary N) is 1. The van der Waals surface area contributed by atoms with Crippen LogP contribution in [-0.4, -0.2) is 23.0 Å². The van der Waals surface area contributed by atoms with Gasteiger partial charge in [0.25, 0.3) is 0 Å². The topological polar surface area (TPSA) is 54.2 Å². The lowest BCUT2D eigenvalue weighted by molar-refractivity contribution is 0.0812. The zero-order chi connectivity index (χ0) is 13.1. The molecule has 0 aromatic carbocycles. The predicted molar refractivity (Wildman–Crippen MR) is 77.4 cm³/mol. The molecule has 4 heteroatoms. The molecule has 4 nitrogen and oxygen atoms in total. The molecule has 1 saturated carbocycles. The minimum Gasteiger partial charge on any atom is -0.308 e. The van der Waals surface area contributed by atoms with E-state index in [1.807, 2.05) is 12.1 Å². The minimum absolute atomic E-state index is 0.755. The molecule has 2 atom stereocenters. The van der Waals surface area contributed by atoms with Gasteiger partial charge in [0, 0.05) is 13.1 Å². The Balaban J connectivity index is 1.60. The van der Waals surface area contributed by atoms with Crippen molar-refractivity contribution in [3.05, 3.63) is 23.9 Å². The van der Waals surface area contributed by atoms with Crippen molar-refractivity contribution in [2.75, 3.05) is 18.5 Å². The number of nitrogen functional groups attached to an aromatic ring is 1. The Morgan fingerprint density at radius 1 is 1.21 bits per heavy atom. The molecule has 0 amide bonds. The predicted octanol–water partition coefficient (Wildman–Crippen LogP) is 2.38. The summed E-state index contributed by atoms with van der Waals surface area (Å²) < 4.78 is 0. The monoisotopic (exact) mass is 260 g/mol. The fourth-order valence-electron chi connectivity index (χ4n) is 3.70. The Morgan fingerprint density at radius 3 is 2.89 bits per heavy atom. The quantitative estimate of drug-likeness (QED) is 0.647. The fraction of sp³-hybridized carbons (Fsp3) is 0.667. The summed E-state index contributed by atoms with van der Waals surface area (Å²) in [5, 5.41) is 0. The molecule has 0 radical (unpaired) electrons. The van der Waals surface area contributed by atoms with Gasteiger partial charge in [-0.3, -0.25) is 4.90 Å². The van der Waals surface area contributed by atoms with Crippen molar-refractivity contribution in [3.8, 4) is 0 Å². The maximum atomic E-state index is 5.41. The van der Waals surface area contributed by atoms with E-state index in [9.17, 15) is 0 Å². The molecular formula is C15H24N4. The second kappa shape index (κ2) is 5.88. The molecule has 1 saturated heterocycles. The summed E-state index contributed by atoms with van der Waals surface area (Å²) in [6.07, 6.45) is 7.15. The molecule has 0 spiro atoms. The van der Waals surface area contributed by atoms with E-state index in [-0.39, 0.29) is 0 Å². The second-order valence-electron chi connectivity index (χ2n) is 5.99. The first kappa shape index (κ1) is 12.9. The van der Waals surface area contributed by atoms with E-state index in [0.29, 0.717) is 0 Å². The van der Waals surface area contributed by atoms with Gasteiger partial charge in [-0.25, -0.2) is 10.8 Å². The summed E-state index contributed by atoms with van der Waals surface area (Å²) in [6, 6.07) is 6.01. The normalized spacial score (nSPS) is 27.8. The van der Waals surface area contributed by atoms with Gasteiger partial charge in [-0.15, -0.1) is 0 Å². The number of fused-ring (bicyclic) bond motifs is 1. The van der Waals surface area contributed by atoms with E-state index < -0.39 is 0 Å². The Morgan fingerprint density at radius 2 is 2.05 bits per heavy atom. The van der Waals surface area contributed by atoms with Gasteiger partial charge >= 0.3 is 0 Å². The summed E-state index contributed by atoms with van der Waals surface area (Å²) in [4.78, 5) is 7.08. The third-order valence-electron chi connectivity index (χ3n) is 4.72. The lowest BCUT2D eigenvalue weighted by Crippen LogP contribution is -2.41. The van der Waals surface area contributed by atoms with Gasteiger partial charge in [-0.2, -0.15) is 0 Å². The van der Waals surface area contributed by atoms with Crippen molar-refractivity contribution in [3.63, 3.8) is 0 Å². The molecule has 3 rings (SSSR count). The van der Waals surface area contributed by atoms with Gasteiger partial charge < -0.3 is 5.43 Å². The molecule has 2 fully saturated rings. The summed E-state index contributed by atoms with van der Waals surface area (Å²) in [6.45, 7) is 3.44. The summed E-state index contributed by atoms with van der Waals surface area (Å²) >= 11 is 0. The average molecular weight is 260 g/mol. The number of nitrogens with zero attached hydrogens (tertiary/aromatic N) is 2. The van der Waals surface area contributed by atoms with E-state index in [2.05, 4.69) is 21.4 Å². The molecular weight excluding hydrogens is 236 g/mol. The lowest BCUT2D eigenvalue weighted by Gasteiger charge is -2.41. The zero-order valence-corrected chi connectivity index (χ0v) is 11.5. The highest BCUT2D eigenvalue weighted by Crippen LogP contribution is 2.36. The molecule has 1 aliphatic carbocycles. The number of aromatic nitrogens is 1. The molecule has 104 valence electrons. The molecule has 1 aromatic rings. The number of hydrogen-bond acceptors (Lipinski definition) is 4. The zero-order valence-electron chi connectivity index (χ0n) is 11.5. The SMILES string of the molecule is NNc1cccc(CN2CCC3CCCCC3C2)n1. The summed E-state index contributed by atoms with van der Waals surface area (Å²) in [7, 11) is 0. The highest BCUT2D eigenvalue weighted by molar-refractivity contribution is 5.33. The molecule has 1 aliphatic heterocycles. The number of nitrogens with one attached hydrogen (secondary N) is 1. The number of likely N-dealkylation sites (tertiary alicyclic amines) is 1. The van der Waals surface area contributed by atoms with Crippen LogP contribution >= 0.6 is 0 Å². The second-order valence-corrected chi connectivity index (χ2v) is 5.99. The van der Waals surface area contributed by atoms with E-state index >= 15 is 0 Å². The largest absolute Gasteiger partial charge is 0.308 e. The Bertz CT molecular complexity index is 420. The van der Waals surface area contributed by atoms with Crippen molar-refractivity contribution >= 4 is 5.82 Å². The van der Waals surface area contributed by atoms with Crippen molar-refractivity contribution in [2.24, 2.45) is 17.7 Å². The van der Waals surface area contributed by atoms with Gasteiger partial charge in [0.05, 0.1) is 5.69 Å². The van der Waals surface area contributed by atoms with Gasteiger partial charge in [-0.1, -0.05) is 25.3 Å². The Hall–Kier alpha value is -1.13. The highest BCUT2D eigenvalue weighted by Gasteiger charge is 2.30. The maximum Gasteiger partial charge on any atom is 0.140 e. The van der Waals surface area contributed by atoms with Crippen LogP contribution in [0.15, 0.2) is 18.2 Å². The van der Waals surface area contributed by atoms with Crippen LogP contribution in [0.1, 0.15) is 37.8 Å². The fourth-order valence-corrected chi connectivity index (χ4v) is 3.70. The number of hydrazine groups is 1. The molecule has 0 bridgehead atoms. The van der Waals surface area contributed by atoms with Crippen LogP contribution in [0.4, 0.5) is 5.82 Å². The Labute approximate surface area is 115 Å².